The zero-order valence-electron chi connectivity index (χ0n) is 38.1. The lowest BCUT2D eigenvalue weighted by Crippen LogP contribution is -2.58. The van der Waals surface area contributed by atoms with Gasteiger partial charge in [0.05, 0.1) is 44.0 Å². The third-order valence-corrected chi connectivity index (χ3v) is 13.5. The van der Waals surface area contributed by atoms with Gasteiger partial charge in [-0.2, -0.15) is 0 Å². The first-order chi connectivity index (χ1) is 32.6. The average Bonchev–Trinajstić information content (AvgIpc) is 3.78. The number of rotatable bonds is 11. The van der Waals surface area contributed by atoms with E-state index in [-0.39, 0.29) is 37.5 Å². The normalized spacial score (nSPS) is 24.1. The summed E-state index contributed by atoms with van der Waals surface area (Å²) < 4.78 is 18.0. The average molecular weight is 911 g/mol. The predicted molar refractivity (Wildman–Crippen MR) is 248 cm³/mol. The van der Waals surface area contributed by atoms with Gasteiger partial charge in [-0.05, 0) is 59.7 Å². The van der Waals surface area contributed by atoms with Crippen LogP contribution in [-0.2, 0) is 34.1 Å². The second-order valence-corrected chi connectivity index (χ2v) is 17.8. The maximum Gasteiger partial charge on any atom is 0.329 e. The number of cyclic esters (lactones) is 1. The number of esters is 2. The van der Waals surface area contributed by atoms with Crippen molar-refractivity contribution >= 4 is 35.5 Å². The number of para-hydroxylation sites is 1. The number of ether oxygens (including phenoxy) is 3. The molecule has 4 aliphatic heterocycles. The summed E-state index contributed by atoms with van der Waals surface area (Å²) in [6.07, 6.45) is 3.45. The molecule has 0 aliphatic carbocycles. The Hall–Kier alpha value is -6.53. The summed E-state index contributed by atoms with van der Waals surface area (Å²) in [6, 6.07) is 25.4. The summed E-state index contributed by atoms with van der Waals surface area (Å²) in [7, 11) is 1.22. The molecule has 3 N–H and O–H groups in total. The van der Waals surface area contributed by atoms with Gasteiger partial charge in [0.15, 0.2) is 0 Å². The van der Waals surface area contributed by atoms with Gasteiger partial charge < -0.3 is 34.6 Å². The molecule has 7 atom stereocenters. The quantitative estimate of drug-likeness (QED) is 0.116. The van der Waals surface area contributed by atoms with Crippen molar-refractivity contribution in [1.82, 2.24) is 15.1 Å². The van der Waals surface area contributed by atoms with Crippen LogP contribution in [0.15, 0.2) is 103 Å². The van der Waals surface area contributed by atoms with Crippen LogP contribution in [0.3, 0.4) is 0 Å². The molecule has 14 nitrogen and oxygen atoms in total. The van der Waals surface area contributed by atoms with Crippen molar-refractivity contribution in [1.29, 1.82) is 0 Å². The number of hydrogen-bond acceptors (Lipinski definition) is 11. The first-order valence-corrected chi connectivity index (χ1v) is 23.2. The van der Waals surface area contributed by atoms with Crippen molar-refractivity contribution in [3.8, 4) is 17.6 Å². The van der Waals surface area contributed by atoms with Gasteiger partial charge in [0.25, 0.3) is 0 Å². The highest BCUT2D eigenvalue weighted by molar-refractivity contribution is 6.25. The number of benzene rings is 4. The van der Waals surface area contributed by atoms with E-state index in [4.69, 9.17) is 14.2 Å². The van der Waals surface area contributed by atoms with Gasteiger partial charge in [0, 0.05) is 30.6 Å². The number of amides is 4. The van der Waals surface area contributed by atoms with Crippen LogP contribution in [0, 0.1) is 23.7 Å². The van der Waals surface area contributed by atoms with E-state index >= 15 is 19.2 Å². The van der Waals surface area contributed by atoms with Crippen molar-refractivity contribution < 1.29 is 48.4 Å². The number of hydrogen-bond donors (Lipinski definition) is 3. The number of fused-ring (bicyclic) bond motifs is 3. The van der Waals surface area contributed by atoms with Gasteiger partial charge in [-0.25, -0.2) is 14.5 Å². The molecular formula is C53H58N4O10. The maximum atomic E-state index is 16.7. The van der Waals surface area contributed by atoms with Gasteiger partial charge in [0.1, 0.15) is 36.0 Å². The zero-order chi connectivity index (χ0) is 47.2. The Bertz CT molecular complexity index is 2520. The van der Waals surface area contributed by atoms with E-state index in [1.165, 1.54) is 7.11 Å². The largest absolute Gasteiger partial charge is 0.491 e. The molecule has 67 heavy (non-hydrogen) atoms. The Morgan fingerprint density at radius 2 is 1.49 bits per heavy atom. The molecule has 1 spiro atoms. The predicted octanol–water partition coefficient (Wildman–Crippen LogP) is 6.16. The van der Waals surface area contributed by atoms with Crippen LogP contribution in [0.5, 0.6) is 5.75 Å². The number of nitrogens with zero attached hydrogens (tertiary/aromatic N) is 3. The van der Waals surface area contributed by atoms with E-state index in [0.717, 1.165) is 29.7 Å². The van der Waals surface area contributed by atoms with E-state index in [1.807, 2.05) is 65.6 Å². The summed E-state index contributed by atoms with van der Waals surface area (Å²) >= 11 is 0. The molecule has 0 aromatic heterocycles. The number of likely N-dealkylation sites (tertiary alicyclic amines) is 1. The molecule has 0 unspecified atom stereocenters. The molecule has 4 heterocycles. The fourth-order valence-corrected chi connectivity index (χ4v) is 10.6. The number of aliphatic hydroxyl groups is 2. The van der Waals surface area contributed by atoms with Crippen molar-refractivity contribution in [2.45, 2.75) is 88.1 Å². The number of anilines is 1. The number of imide groups is 1. The monoisotopic (exact) mass is 910 g/mol. The van der Waals surface area contributed by atoms with Crippen LogP contribution < -0.4 is 15.0 Å². The van der Waals surface area contributed by atoms with E-state index < -0.39 is 77.3 Å². The highest BCUT2D eigenvalue weighted by Gasteiger charge is 2.76. The molecule has 0 bridgehead atoms. The highest BCUT2D eigenvalue weighted by Crippen LogP contribution is 2.67. The molecule has 350 valence electrons. The lowest BCUT2D eigenvalue weighted by molar-refractivity contribution is -0.179. The molecule has 3 fully saturated rings. The molecule has 0 saturated carbocycles. The number of morpholine rings is 1. The lowest BCUT2D eigenvalue weighted by Gasteiger charge is -2.46. The van der Waals surface area contributed by atoms with E-state index in [2.05, 4.69) is 17.2 Å². The minimum atomic E-state index is -2.08. The van der Waals surface area contributed by atoms with E-state index in [1.54, 1.807) is 61.2 Å². The van der Waals surface area contributed by atoms with Crippen molar-refractivity contribution in [2.24, 2.45) is 11.8 Å². The number of urea groups is 1. The van der Waals surface area contributed by atoms with E-state index in [9.17, 15) is 15.0 Å². The number of aliphatic hydroxyl groups excluding tert-OH is 2. The molecule has 0 radical (unpaired) electrons. The summed E-state index contributed by atoms with van der Waals surface area (Å²) in [5, 5.41) is 22.6. The van der Waals surface area contributed by atoms with Gasteiger partial charge in [-0.15, -0.1) is 0 Å². The lowest BCUT2D eigenvalue weighted by atomic mass is 9.64. The number of carbonyl (C=O) groups excluding carboxylic acids is 5. The summed E-state index contributed by atoms with van der Waals surface area (Å²) in [5.74, 6) is 1.76. The summed E-state index contributed by atoms with van der Waals surface area (Å²) in [6.45, 7) is 3.63. The molecule has 4 aromatic rings. The minimum Gasteiger partial charge on any atom is -0.491 e. The Labute approximate surface area is 391 Å². The molecule has 4 amide bonds. The number of carbonyl (C=O) groups is 5. The SMILES string of the molecule is COC(=O)[C@@H](NC(=O)N1C(=O)[C@@]2(c3cc(C#CCCO)ccc31)[C@H](c1ccccc1OCCO)N1[C@H](c3ccccc3)[C@H](c3ccccc3)OC(=O)[C@H]1[C@@H]2C(=O)N1CCCCCCC1)C(C)C. The van der Waals surface area contributed by atoms with Crippen LogP contribution in [0.4, 0.5) is 10.5 Å². The topological polar surface area (TPSA) is 175 Å². The second-order valence-electron chi connectivity index (χ2n) is 17.8. The van der Waals surface area contributed by atoms with Crippen LogP contribution >= 0.6 is 0 Å². The van der Waals surface area contributed by atoms with Crippen molar-refractivity contribution in [3.63, 3.8) is 0 Å². The van der Waals surface area contributed by atoms with Crippen LogP contribution in [0.25, 0.3) is 0 Å². The zero-order valence-corrected chi connectivity index (χ0v) is 38.1. The fourth-order valence-electron chi connectivity index (χ4n) is 10.6. The van der Waals surface area contributed by atoms with Crippen molar-refractivity contribution in [3.05, 3.63) is 131 Å². The molecule has 3 saturated heterocycles. The molecular weight excluding hydrogens is 853 g/mol. The summed E-state index contributed by atoms with van der Waals surface area (Å²) in [5.41, 5.74) is 0.605. The smallest absolute Gasteiger partial charge is 0.329 e. The van der Waals surface area contributed by atoms with Gasteiger partial charge in [0.2, 0.25) is 11.8 Å². The second kappa shape index (κ2) is 20.5. The molecule has 4 aromatic carbocycles. The molecule has 14 heteroatoms. The number of nitrogens with one attached hydrogen (secondary N) is 1. The standard InChI is InChI=1S/C53H58N4O10/c1-34(2)43(49(61)65-3)54-52(64)56-40-27-26-35(19-15-18-30-58)33-39(40)53(51(56)63)42(48(60)55-28-16-5-4-6-17-29-55)45-50(62)67-46(37-22-11-8-12-23-37)44(36-20-9-7-10-21-36)57(45)47(53)38-24-13-14-25-41(38)66-32-31-59/h7-14,20-27,33-34,42-47,58-59H,4-6,16-18,28-32H2,1-3H3,(H,54,64)/t42-,43+,44-,45-,46+,47+,53-/m1/s1. The Kier molecular flexibility index (Phi) is 14.4. The third kappa shape index (κ3) is 8.68. The fraction of sp³-hybridized carbons (Fsp3) is 0.415. The van der Waals surface area contributed by atoms with Crippen LogP contribution in [-0.4, -0.2) is 102 Å². The maximum absolute atomic E-state index is 16.7. The highest BCUT2D eigenvalue weighted by atomic mass is 16.6. The third-order valence-electron chi connectivity index (χ3n) is 13.5. The minimum absolute atomic E-state index is 0.110. The first-order valence-electron chi connectivity index (χ1n) is 23.2. The van der Waals surface area contributed by atoms with E-state index in [0.29, 0.717) is 48.4 Å². The Morgan fingerprint density at radius 1 is 0.836 bits per heavy atom. The van der Waals surface area contributed by atoms with Crippen LogP contribution in [0.2, 0.25) is 0 Å². The molecule has 8 rings (SSSR count). The van der Waals surface area contributed by atoms with Crippen molar-refractivity contribution in [2.75, 3.05) is 44.9 Å². The Balaban J connectivity index is 1.49. The Morgan fingerprint density at radius 3 is 2.15 bits per heavy atom. The van der Waals surface area contributed by atoms with Gasteiger partial charge in [-0.1, -0.05) is 124 Å². The summed E-state index contributed by atoms with van der Waals surface area (Å²) in [4.78, 5) is 81.4. The first kappa shape index (κ1) is 47.0. The van der Waals surface area contributed by atoms with Crippen LogP contribution in [0.1, 0.15) is 98.4 Å². The molecule has 4 aliphatic rings. The van der Waals surface area contributed by atoms with Gasteiger partial charge >= 0.3 is 18.0 Å². The van der Waals surface area contributed by atoms with Gasteiger partial charge in [-0.3, -0.25) is 19.3 Å². The number of methoxy groups -OCH3 is 1.